The molecular formula is C21H30IN3OS. The van der Waals surface area contributed by atoms with Crippen LogP contribution >= 0.6 is 35.7 Å². The molecule has 0 spiro atoms. The van der Waals surface area contributed by atoms with Crippen molar-refractivity contribution in [1.29, 1.82) is 0 Å². The van der Waals surface area contributed by atoms with Crippen molar-refractivity contribution in [1.82, 2.24) is 10.6 Å². The van der Waals surface area contributed by atoms with Gasteiger partial charge >= 0.3 is 0 Å². The van der Waals surface area contributed by atoms with Gasteiger partial charge in [-0.15, -0.1) is 24.0 Å². The van der Waals surface area contributed by atoms with Gasteiger partial charge in [-0.2, -0.15) is 11.8 Å². The van der Waals surface area contributed by atoms with E-state index in [1.54, 1.807) is 0 Å². The third-order valence-corrected chi connectivity index (χ3v) is 4.35. The van der Waals surface area contributed by atoms with Crippen molar-refractivity contribution < 1.29 is 4.74 Å². The molecule has 2 aromatic rings. The molecule has 27 heavy (non-hydrogen) atoms. The highest BCUT2D eigenvalue weighted by molar-refractivity contribution is 14.0. The number of rotatable bonds is 10. The van der Waals surface area contributed by atoms with Crippen molar-refractivity contribution >= 4 is 41.7 Å². The van der Waals surface area contributed by atoms with Crippen molar-refractivity contribution in [2.75, 3.05) is 25.1 Å². The molecule has 0 bridgehead atoms. The second-order valence-electron chi connectivity index (χ2n) is 5.91. The maximum atomic E-state index is 5.83. The van der Waals surface area contributed by atoms with Crippen LogP contribution in [0, 0.1) is 0 Å². The summed E-state index contributed by atoms with van der Waals surface area (Å²) >= 11 is 1.82. The molecule has 2 rings (SSSR count). The van der Waals surface area contributed by atoms with Crippen molar-refractivity contribution in [3.63, 3.8) is 0 Å². The van der Waals surface area contributed by atoms with Crippen LogP contribution in [0.3, 0.4) is 0 Å². The molecule has 0 atom stereocenters. The fourth-order valence-corrected chi connectivity index (χ4v) is 2.77. The summed E-state index contributed by atoms with van der Waals surface area (Å²) in [5.41, 5.74) is 3.56. The van der Waals surface area contributed by atoms with E-state index >= 15 is 0 Å². The minimum absolute atomic E-state index is 0. The zero-order valence-electron chi connectivity index (χ0n) is 16.1. The zero-order valence-corrected chi connectivity index (χ0v) is 19.3. The Balaban J connectivity index is 0.00000364. The van der Waals surface area contributed by atoms with Gasteiger partial charge in [0, 0.05) is 18.8 Å². The molecule has 0 amide bonds. The fourth-order valence-electron chi connectivity index (χ4n) is 2.46. The highest BCUT2D eigenvalue weighted by Crippen LogP contribution is 2.10. The first-order valence-electron chi connectivity index (χ1n) is 9.02. The molecule has 0 saturated carbocycles. The maximum absolute atomic E-state index is 5.83. The first-order valence-corrected chi connectivity index (χ1v) is 10.4. The van der Waals surface area contributed by atoms with E-state index in [1.807, 2.05) is 30.0 Å². The molecule has 0 aliphatic carbocycles. The minimum Gasteiger partial charge on any atom is -0.372 e. The molecule has 0 fully saturated rings. The van der Waals surface area contributed by atoms with Crippen molar-refractivity contribution in [2.45, 2.75) is 26.7 Å². The maximum Gasteiger partial charge on any atom is 0.191 e. The van der Waals surface area contributed by atoms with Crippen LogP contribution in [0.4, 0.5) is 0 Å². The number of thioether (sulfide) groups is 1. The molecule has 0 aliphatic heterocycles. The van der Waals surface area contributed by atoms with E-state index in [2.05, 4.69) is 65.2 Å². The molecule has 6 heteroatoms. The standard InChI is InChI=1S/C21H29N3OS.HI/c1-3-22-21(23-12-13-26-2)24-15-19-10-7-11-20(14-19)17-25-16-18-8-5-4-6-9-18;/h4-11,14H,3,12-13,15-17H2,1-2H3,(H2,22,23,24);1H. The van der Waals surface area contributed by atoms with Gasteiger partial charge < -0.3 is 15.4 Å². The topological polar surface area (TPSA) is 45.7 Å². The minimum atomic E-state index is 0. The Hall–Kier alpha value is -1.25. The Labute approximate surface area is 184 Å². The van der Waals surface area contributed by atoms with Gasteiger partial charge in [-0.05, 0) is 29.9 Å². The SMILES string of the molecule is CCNC(=NCc1cccc(COCc2ccccc2)c1)NCCSC.I. The Kier molecular flexibility index (Phi) is 13.0. The van der Waals surface area contributed by atoms with E-state index in [0.717, 1.165) is 24.8 Å². The van der Waals surface area contributed by atoms with Crippen LogP contribution in [0.5, 0.6) is 0 Å². The predicted molar refractivity (Wildman–Crippen MR) is 128 cm³/mol. The van der Waals surface area contributed by atoms with Gasteiger partial charge in [0.2, 0.25) is 0 Å². The molecule has 0 heterocycles. The van der Waals surface area contributed by atoms with Crippen LogP contribution in [-0.2, 0) is 24.5 Å². The lowest BCUT2D eigenvalue weighted by Crippen LogP contribution is -2.38. The monoisotopic (exact) mass is 499 g/mol. The second-order valence-corrected chi connectivity index (χ2v) is 6.90. The average molecular weight is 499 g/mol. The van der Waals surface area contributed by atoms with Crippen molar-refractivity contribution in [3.8, 4) is 0 Å². The number of aliphatic imine (C=N–C) groups is 1. The predicted octanol–water partition coefficient (Wildman–Crippen LogP) is 4.44. The molecule has 0 aliphatic rings. The number of guanidine groups is 1. The van der Waals surface area contributed by atoms with Crippen LogP contribution in [0.1, 0.15) is 23.6 Å². The first kappa shape index (κ1) is 23.8. The molecule has 2 aromatic carbocycles. The van der Waals surface area contributed by atoms with Gasteiger partial charge in [-0.25, -0.2) is 4.99 Å². The van der Waals surface area contributed by atoms with E-state index in [1.165, 1.54) is 16.7 Å². The molecule has 148 valence electrons. The van der Waals surface area contributed by atoms with E-state index in [4.69, 9.17) is 4.74 Å². The molecule has 0 saturated heterocycles. The Bertz CT molecular complexity index is 667. The number of halogens is 1. The molecular weight excluding hydrogens is 469 g/mol. The number of ether oxygens (including phenoxy) is 1. The zero-order chi connectivity index (χ0) is 18.5. The summed E-state index contributed by atoms with van der Waals surface area (Å²) in [6.45, 7) is 5.75. The summed E-state index contributed by atoms with van der Waals surface area (Å²) in [5.74, 6) is 1.94. The second kappa shape index (κ2) is 14.8. The summed E-state index contributed by atoms with van der Waals surface area (Å²) in [4.78, 5) is 4.67. The summed E-state index contributed by atoms with van der Waals surface area (Å²) in [5, 5.41) is 6.64. The third kappa shape index (κ3) is 10.0. The van der Waals surface area contributed by atoms with Crippen LogP contribution < -0.4 is 10.6 Å². The lowest BCUT2D eigenvalue weighted by molar-refractivity contribution is 0.107. The fraction of sp³-hybridized carbons (Fsp3) is 0.381. The molecule has 0 radical (unpaired) electrons. The molecule has 4 nitrogen and oxygen atoms in total. The summed E-state index contributed by atoms with van der Waals surface area (Å²) in [6, 6.07) is 18.7. The van der Waals surface area contributed by atoms with E-state index in [-0.39, 0.29) is 24.0 Å². The van der Waals surface area contributed by atoms with Crippen LogP contribution in [-0.4, -0.2) is 31.1 Å². The number of benzene rings is 2. The van der Waals surface area contributed by atoms with Gasteiger partial charge in [0.15, 0.2) is 5.96 Å². The average Bonchev–Trinajstić information content (AvgIpc) is 2.67. The normalized spacial score (nSPS) is 11.0. The van der Waals surface area contributed by atoms with Crippen LogP contribution in [0.2, 0.25) is 0 Å². The van der Waals surface area contributed by atoms with E-state index in [0.29, 0.717) is 19.8 Å². The summed E-state index contributed by atoms with van der Waals surface area (Å²) in [6.07, 6.45) is 2.11. The van der Waals surface area contributed by atoms with Gasteiger partial charge in [-0.1, -0.05) is 54.6 Å². The van der Waals surface area contributed by atoms with E-state index < -0.39 is 0 Å². The highest BCUT2D eigenvalue weighted by atomic mass is 127. The summed E-state index contributed by atoms with van der Waals surface area (Å²) < 4.78 is 5.83. The third-order valence-electron chi connectivity index (χ3n) is 3.73. The smallest absolute Gasteiger partial charge is 0.191 e. The van der Waals surface area contributed by atoms with E-state index in [9.17, 15) is 0 Å². The van der Waals surface area contributed by atoms with Crippen LogP contribution in [0.25, 0.3) is 0 Å². The molecule has 0 unspecified atom stereocenters. The number of nitrogens with one attached hydrogen (secondary N) is 2. The number of nitrogens with zero attached hydrogens (tertiary/aromatic N) is 1. The first-order chi connectivity index (χ1) is 12.8. The van der Waals surface area contributed by atoms with Gasteiger partial charge in [0.25, 0.3) is 0 Å². The Morgan fingerprint density at radius 1 is 0.963 bits per heavy atom. The molecule has 2 N–H and O–H groups in total. The quantitative estimate of drug-likeness (QED) is 0.220. The highest BCUT2D eigenvalue weighted by Gasteiger charge is 2.00. The van der Waals surface area contributed by atoms with Gasteiger partial charge in [0.1, 0.15) is 0 Å². The van der Waals surface area contributed by atoms with Gasteiger partial charge in [0.05, 0.1) is 19.8 Å². The van der Waals surface area contributed by atoms with Gasteiger partial charge in [-0.3, -0.25) is 0 Å². The van der Waals surface area contributed by atoms with Crippen LogP contribution in [0.15, 0.2) is 59.6 Å². The number of hydrogen-bond donors (Lipinski definition) is 2. The van der Waals surface area contributed by atoms with Crippen molar-refractivity contribution in [3.05, 3.63) is 71.3 Å². The Morgan fingerprint density at radius 3 is 2.41 bits per heavy atom. The number of hydrogen-bond acceptors (Lipinski definition) is 3. The summed E-state index contributed by atoms with van der Waals surface area (Å²) in [7, 11) is 0. The lowest BCUT2D eigenvalue weighted by atomic mass is 10.1. The molecule has 0 aromatic heterocycles. The van der Waals surface area contributed by atoms with Crippen molar-refractivity contribution in [2.24, 2.45) is 4.99 Å². The largest absolute Gasteiger partial charge is 0.372 e. The Morgan fingerprint density at radius 2 is 1.67 bits per heavy atom. The lowest BCUT2D eigenvalue weighted by Gasteiger charge is -2.11.